The fraction of sp³-hybridized carbons (Fsp3) is 0.639. The van der Waals surface area contributed by atoms with Gasteiger partial charge >= 0.3 is 5.97 Å². The van der Waals surface area contributed by atoms with Gasteiger partial charge in [0.05, 0.1) is 24.6 Å². The number of carboxylic acid groups (broad SMARTS) is 1. The van der Waals surface area contributed by atoms with E-state index in [9.17, 15) is 48.9 Å². The van der Waals surface area contributed by atoms with Gasteiger partial charge in [-0.3, -0.25) is 43.5 Å². The number of phenolic OH excluding ortho intramolecular Hbond substituents is 1. The van der Waals surface area contributed by atoms with Gasteiger partial charge < -0.3 is 41.9 Å². The number of carbonyl (C=O) groups excluding carboxylic acids is 6. The summed E-state index contributed by atoms with van der Waals surface area (Å²) in [4.78, 5) is 97.1. The molecule has 2 aliphatic rings. The summed E-state index contributed by atoms with van der Waals surface area (Å²) in [5.41, 5.74) is -0.166. The lowest BCUT2D eigenvalue weighted by molar-refractivity contribution is -0.150. The molecule has 6 amide bonds. The largest absolute Gasteiger partial charge is 0.508 e. The summed E-state index contributed by atoms with van der Waals surface area (Å²) in [5.74, 6) is -0.589. The molecule has 0 radical (unpaired) electrons. The van der Waals surface area contributed by atoms with Crippen LogP contribution in [-0.4, -0.2) is 127 Å². The molecule has 0 saturated carbocycles. The number of nitrogens with two attached hydrogens (primary N) is 1. The van der Waals surface area contributed by atoms with Crippen molar-refractivity contribution in [3.05, 3.63) is 29.8 Å². The number of hydrogen-bond acceptors (Lipinski definition) is 11. The van der Waals surface area contributed by atoms with E-state index in [1.54, 1.807) is 51.7 Å². The number of amides is 6. The monoisotopic (exact) mass is 760 g/mol. The SMILES string of the molecule is CC(C)C[C@@H]1NC(=O)[C@H](Cc2ccc(O)cc2)NC(=O)[C@@H]2CCCN2[C@H](C(=O)NC(C)(C)C)[C@H](C)NC(=O)[C@H]([C@@H](C)O)N(N)C(=O)[C@H](CC(=O)O)NC1=O. The zero-order chi connectivity index (χ0) is 40.7. The lowest BCUT2D eigenvalue weighted by Crippen LogP contribution is -2.67. The van der Waals surface area contributed by atoms with Crippen molar-refractivity contribution in [2.75, 3.05) is 6.54 Å². The van der Waals surface area contributed by atoms with Gasteiger partial charge in [0.25, 0.3) is 5.91 Å². The van der Waals surface area contributed by atoms with Crippen LogP contribution < -0.4 is 32.4 Å². The van der Waals surface area contributed by atoms with Crippen LogP contribution in [-0.2, 0) is 40.0 Å². The number of aliphatic hydroxyl groups is 1. The van der Waals surface area contributed by atoms with Gasteiger partial charge in [-0.05, 0) is 84.0 Å². The summed E-state index contributed by atoms with van der Waals surface area (Å²) in [5, 5.41) is 43.9. The highest BCUT2D eigenvalue weighted by molar-refractivity contribution is 5.97. The number of aromatic hydroxyl groups is 1. The van der Waals surface area contributed by atoms with E-state index < -0.39 is 102 Å². The quantitative estimate of drug-likeness (QED) is 0.110. The van der Waals surface area contributed by atoms with Crippen LogP contribution in [0.5, 0.6) is 5.75 Å². The molecular weight excluding hydrogens is 704 g/mol. The van der Waals surface area contributed by atoms with E-state index >= 15 is 0 Å². The van der Waals surface area contributed by atoms with Crippen LogP contribution in [0.3, 0.4) is 0 Å². The zero-order valence-electron chi connectivity index (χ0n) is 31.9. The molecule has 10 N–H and O–H groups in total. The minimum Gasteiger partial charge on any atom is -0.508 e. The van der Waals surface area contributed by atoms with Gasteiger partial charge in [0.1, 0.15) is 29.9 Å². The zero-order valence-corrected chi connectivity index (χ0v) is 31.9. The molecule has 0 unspecified atom stereocenters. The van der Waals surface area contributed by atoms with Crippen LogP contribution in [0, 0.1) is 5.92 Å². The van der Waals surface area contributed by atoms with E-state index in [1.165, 1.54) is 26.0 Å². The normalized spacial score (nSPS) is 27.5. The van der Waals surface area contributed by atoms with Crippen molar-refractivity contribution in [3.8, 4) is 5.75 Å². The van der Waals surface area contributed by atoms with Crippen LogP contribution in [0.4, 0.5) is 0 Å². The van der Waals surface area contributed by atoms with E-state index in [-0.39, 0.29) is 31.1 Å². The minimum absolute atomic E-state index is 0.0192. The molecular formula is C36H56N8O10. The third-order valence-electron chi connectivity index (χ3n) is 9.19. The first-order valence-corrected chi connectivity index (χ1v) is 18.1. The first-order valence-electron chi connectivity index (χ1n) is 18.1. The molecule has 3 rings (SSSR count). The number of phenols is 1. The van der Waals surface area contributed by atoms with Crippen molar-refractivity contribution in [2.24, 2.45) is 11.8 Å². The molecule has 2 aliphatic heterocycles. The van der Waals surface area contributed by atoms with Crippen molar-refractivity contribution < 1.29 is 48.9 Å². The molecule has 2 saturated heterocycles. The number of aliphatic carboxylic acids is 1. The minimum atomic E-state index is -1.83. The van der Waals surface area contributed by atoms with Crippen LogP contribution in [0.2, 0.25) is 0 Å². The lowest BCUT2D eigenvalue weighted by Gasteiger charge is -2.39. The Balaban J connectivity index is 2.19. The second-order valence-corrected chi connectivity index (χ2v) is 15.6. The number of hydrogen-bond donors (Lipinski definition) is 9. The van der Waals surface area contributed by atoms with Gasteiger partial charge in [0.2, 0.25) is 29.5 Å². The van der Waals surface area contributed by atoms with Gasteiger partial charge in [-0.25, -0.2) is 5.84 Å². The number of benzene rings is 1. The van der Waals surface area contributed by atoms with Crippen molar-refractivity contribution in [1.29, 1.82) is 0 Å². The summed E-state index contributed by atoms with van der Waals surface area (Å²) < 4.78 is 0. The standard InChI is InChI=1S/C36H56N8O10/c1-18(2)15-23-30(49)41-25(17-27(47)48)35(54)44(37)29(20(4)45)33(52)38-19(3)28(34(53)42-36(5,6)7)43-14-8-9-26(43)32(51)40-24(31(50)39-23)16-21-10-12-22(46)13-11-21/h10-13,18-20,23-26,28-29,45-46H,8-9,14-17,37H2,1-7H3,(H,38,52)(H,39,50)(H,40,51)(H,41,49)(H,42,53)(H,47,48)/t19-,20+,23-,24-,25-,26-,28-,29-/m0/s1. The summed E-state index contributed by atoms with van der Waals surface area (Å²) in [6.07, 6.45) is -1.82. The maximum Gasteiger partial charge on any atom is 0.305 e. The highest BCUT2D eigenvalue weighted by atomic mass is 16.4. The summed E-state index contributed by atoms with van der Waals surface area (Å²) >= 11 is 0. The highest BCUT2D eigenvalue weighted by Crippen LogP contribution is 2.24. The van der Waals surface area contributed by atoms with Crippen molar-refractivity contribution in [1.82, 2.24) is 36.5 Å². The van der Waals surface area contributed by atoms with Crippen molar-refractivity contribution >= 4 is 41.4 Å². The number of carbonyl (C=O) groups is 7. The Morgan fingerprint density at radius 1 is 0.907 bits per heavy atom. The van der Waals surface area contributed by atoms with Crippen molar-refractivity contribution in [2.45, 2.75) is 135 Å². The van der Waals surface area contributed by atoms with Crippen LogP contribution >= 0.6 is 0 Å². The number of aliphatic hydroxyl groups excluding tert-OH is 1. The second-order valence-electron chi connectivity index (χ2n) is 15.6. The molecule has 0 aliphatic carbocycles. The average Bonchev–Trinajstić information content (AvgIpc) is 3.51. The Hall–Kier alpha value is -4.81. The predicted octanol–water partition coefficient (Wildman–Crippen LogP) is -1.37. The average molecular weight is 761 g/mol. The topological polar surface area (TPSA) is 273 Å². The molecule has 54 heavy (non-hydrogen) atoms. The Morgan fingerprint density at radius 2 is 1.48 bits per heavy atom. The molecule has 0 bridgehead atoms. The smallest absolute Gasteiger partial charge is 0.305 e. The third-order valence-corrected chi connectivity index (χ3v) is 9.19. The summed E-state index contributed by atoms with van der Waals surface area (Å²) in [6.45, 7) is 11.8. The van der Waals surface area contributed by atoms with Gasteiger partial charge in [-0.2, -0.15) is 0 Å². The van der Waals surface area contributed by atoms with E-state index in [1.807, 2.05) is 0 Å². The molecule has 2 fully saturated rings. The molecule has 18 nitrogen and oxygen atoms in total. The predicted molar refractivity (Wildman–Crippen MR) is 195 cm³/mol. The first-order chi connectivity index (χ1) is 25.1. The molecule has 1 aromatic carbocycles. The van der Waals surface area contributed by atoms with Gasteiger partial charge in [0.15, 0.2) is 6.04 Å². The Bertz CT molecular complexity index is 1550. The van der Waals surface area contributed by atoms with Crippen molar-refractivity contribution in [3.63, 3.8) is 0 Å². The fourth-order valence-corrected chi connectivity index (χ4v) is 6.76. The number of hydrazine groups is 1. The van der Waals surface area contributed by atoms with Crippen LogP contribution in [0.15, 0.2) is 24.3 Å². The van der Waals surface area contributed by atoms with E-state index in [0.29, 0.717) is 23.4 Å². The summed E-state index contributed by atoms with van der Waals surface area (Å²) in [6, 6.07) is -3.43. The number of fused-ring (bicyclic) bond motifs is 1. The number of carboxylic acids is 1. The molecule has 300 valence electrons. The van der Waals surface area contributed by atoms with Gasteiger partial charge in [-0.15, -0.1) is 0 Å². The molecule has 8 atom stereocenters. The number of nitrogens with zero attached hydrogens (tertiary/aromatic N) is 2. The molecule has 0 aromatic heterocycles. The molecule has 18 heteroatoms. The lowest BCUT2D eigenvalue weighted by atomic mass is 9.99. The third kappa shape index (κ3) is 11.8. The Kier molecular flexibility index (Phi) is 14.9. The van der Waals surface area contributed by atoms with E-state index in [4.69, 9.17) is 5.84 Å². The number of rotatable bonds is 8. The second kappa shape index (κ2) is 18.5. The molecule has 0 spiro atoms. The van der Waals surface area contributed by atoms with E-state index in [2.05, 4.69) is 26.6 Å². The molecule has 1 aromatic rings. The highest BCUT2D eigenvalue weighted by Gasteiger charge is 2.45. The van der Waals surface area contributed by atoms with Gasteiger partial charge in [-0.1, -0.05) is 26.0 Å². The number of nitrogens with one attached hydrogen (secondary N) is 5. The molecule has 2 heterocycles. The first kappa shape index (κ1) is 43.6. The van der Waals surface area contributed by atoms with Crippen LogP contribution in [0.25, 0.3) is 0 Å². The maximum absolute atomic E-state index is 14.2. The van der Waals surface area contributed by atoms with Gasteiger partial charge in [0, 0.05) is 12.0 Å². The van der Waals surface area contributed by atoms with E-state index in [0.717, 1.165) is 0 Å². The maximum atomic E-state index is 14.2. The Labute approximate surface area is 314 Å². The summed E-state index contributed by atoms with van der Waals surface area (Å²) in [7, 11) is 0. The van der Waals surface area contributed by atoms with Crippen LogP contribution in [0.1, 0.15) is 79.7 Å². The Morgan fingerprint density at radius 3 is 2.04 bits per heavy atom. The fourth-order valence-electron chi connectivity index (χ4n) is 6.76.